The summed E-state index contributed by atoms with van der Waals surface area (Å²) in [4.78, 5) is 24.4. The van der Waals surface area contributed by atoms with Crippen LogP contribution in [0.15, 0.2) is 54.6 Å². The molecule has 1 aliphatic rings. The number of anilines is 1. The van der Waals surface area contributed by atoms with E-state index < -0.39 is 18.2 Å². The summed E-state index contributed by atoms with van der Waals surface area (Å²) in [6, 6.07) is 13.6. The fourth-order valence-corrected chi connectivity index (χ4v) is 3.68. The first-order valence-corrected chi connectivity index (χ1v) is 10.3. The Bertz CT molecular complexity index is 1190. The van der Waals surface area contributed by atoms with Gasteiger partial charge >= 0.3 is 6.36 Å². The van der Waals surface area contributed by atoms with E-state index in [0.29, 0.717) is 22.0 Å². The fourth-order valence-electron chi connectivity index (χ4n) is 3.55. The quantitative estimate of drug-likeness (QED) is 0.569. The van der Waals surface area contributed by atoms with Crippen LogP contribution in [-0.4, -0.2) is 34.5 Å². The molecule has 11 heteroatoms. The molecule has 3 aromatic rings. The summed E-state index contributed by atoms with van der Waals surface area (Å²) < 4.78 is 43.6. The Morgan fingerprint density at radius 2 is 1.94 bits per heavy atom. The maximum Gasteiger partial charge on any atom is 0.573 e. The lowest BCUT2D eigenvalue weighted by Gasteiger charge is -2.11. The number of amides is 2. The lowest BCUT2D eigenvalue weighted by atomic mass is 9.97. The minimum Gasteiger partial charge on any atom is -0.406 e. The Morgan fingerprint density at radius 3 is 2.58 bits per heavy atom. The fraction of sp³-hybridized carbons (Fsp3) is 0.227. The molecule has 172 valence electrons. The van der Waals surface area contributed by atoms with Gasteiger partial charge in [0.1, 0.15) is 5.75 Å². The van der Waals surface area contributed by atoms with Crippen molar-refractivity contribution in [1.82, 2.24) is 15.1 Å². The molecule has 0 bridgehead atoms. The van der Waals surface area contributed by atoms with Crippen LogP contribution in [0.3, 0.4) is 0 Å². The van der Waals surface area contributed by atoms with Crippen molar-refractivity contribution in [1.29, 1.82) is 0 Å². The van der Waals surface area contributed by atoms with Crippen LogP contribution in [0, 0.1) is 11.8 Å². The van der Waals surface area contributed by atoms with Gasteiger partial charge in [-0.15, -0.1) is 18.3 Å². The third-order valence-electron chi connectivity index (χ3n) is 5.25. The number of nitrogens with one attached hydrogen (secondary N) is 2. The highest BCUT2D eigenvalue weighted by molar-refractivity contribution is 6.30. The van der Waals surface area contributed by atoms with E-state index in [1.807, 2.05) is 0 Å². The largest absolute Gasteiger partial charge is 0.573 e. The monoisotopic (exact) mass is 478 g/mol. The van der Waals surface area contributed by atoms with E-state index in [-0.39, 0.29) is 29.9 Å². The summed E-state index contributed by atoms with van der Waals surface area (Å²) in [5, 5.41) is 10.3. The molecule has 4 rings (SSSR count). The average molecular weight is 479 g/mol. The highest BCUT2D eigenvalue weighted by Crippen LogP contribution is 2.31. The van der Waals surface area contributed by atoms with E-state index in [2.05, 4.69) is 20.5 Å². The van der Waals surface area contributed by atoms with Gasteiger partial charge in [0.25, 0.3) is 0 Å². The highest BCUT2D eigenvalue weighted by atomic mass is 35.5. The van der Waals surface area contributed by atoms with Crippen molar-refractivity contribution in [2.45, 2.75) is 13.3 Å². The third kappa shape index (κ3) is 5.11. The average Bonchev–Trinajstić information content (AvgIpc) is 3.31. The zero-order chi connectivity index (χ0) is 23.8. The number of hydrogen-bond donors (Lipinski definition) is 2. The second kappa shape index (κ2) is 8.78. The van der Waals surface area contributed by atoms with Gasteiger partial charge in [0, 0.05) is 29.1 Å². The highest BCUT2D eigenvalue weighted by Gasteiger charge is 2.36. The second-order valence-electron chi connectivity index (χ2n) is 7.51. The number of carbonyl (C=O) groups is 2. The summed E-state index contributed by atoms with van der Waals surface area (Å²) in [6.45, 7) is 1.88. The van der Waals surface area contributed by atoms with Gasteiger partial charge in [-0.2, -0.15) is 0 Å². The molecule has 2 aromatic carbocycles. The first-order valence-electron chi connectivity index (χ1n) is 9.91. The molecule has 33 heavy (non-hydrogen) atoms. The normalized spacial score (nSPS) is 18.2. The molecule has 2 heterocycles. The summed E-state index contributed by atoms with van der Waals surface area (Å²) in [5.74, 6) is -1.85. The van der Waals surface area contributed by atoms with Crippen molar-refractivity contribution in [3.8, 4) is 22.7 Å². The lowest BCUT2D eigenvalue weighted by Crippen LogP contribution is -2.28. The van der Waals surface area contributed by atoms with Crippen LogP contribution < -0.4 is 15.4 Å². The van der Waals surface area contributed by atoms with E-state index in [9.17, 15) is 22.8 Å². The molecule has 0 unspecified atom stereocenters. The van der Waals surface area contributed by atoms with Gasteiger partial charge < -0.3 is 15.4 Å². The summed E-state index contributed by atoms with van der Waals surface area (Å²) in [6.07, 6.45) is -4.84. The molecule has 0 aliphatic carbocycles. The van der Waals surface area contributed by atoms with Gasteiger partial charge in [-0.05, 0) is 36.4 Å². The molecule has 2 atom stereocenters. The van der Waals surface area contributed by atoms with Gasteiger partial charge in [-0.25, -0.2) is 4.68 Å². The number of halogens is 4. The molecule has 1 saturated heterocycles. The molecule has 1 aromatic heterocycles. The standard InChI is InChI=1S/C22H18ClF3N4O3/c1-12-17(11-27-20(12)31)21(32)28-19-10-18(30(29-19)15-7-5-14(23)6-8-15)13-3-2-4-16(9-13)33-22(24,25)26/h2-10,12,17H,11H2,1H3,(H,27,31)(H,28,29,32)/t12-,17+/m1/s1. The van der Waals surface area contributed by atoms with Gasteiger partial charge in [-0.1, -0.05) is 30.7 Å². The molecule has 0 spiro atoms. The van der Waals surface area contributed by atoms with Crippen molar-refractivity contribution in [2.24, 2.45) is 11.8 Å². The van der Waals surface area contributed by atoms with E-state index in [1.165, 1.54) is 28.9 Å². The molecule has 0 saturated carbocycles. The zero-order valence-corrected chi connectivity index (χ0v) is 17.9. The minimum absolute atomic E-state index is 0.179. The van der Waals surface area contributed by atoms with Gasteiger partial charge in [-0.3, -0.25) is 9.59 Å². The van der Waals surface area contributed by atoms with Crippen molar-refractivity contribution in [3.63, 3.8) is 0 Å². The number of ether oxygens (including phenoxy) is 1. The van der Waals surface area contributed by atoms with Crippen LogP contribution in [0.5, 0.6) is 5.75 Å². The number of alkyl halides is 3. The molecule has 2 amide bonds. The Labute approximate surface area is 191 Å². The Hall–Kier alpha value is -3.53. The number of carbonyl (C=O) groups excluding carboxylic acids is 2. The van der Waals surface area contributed by atoms with Crippen molar-refractivity contribution in [3.05, 3.63) is 59.6 Å². The predicted octanol–water partition coefficient (Wildman–Crippen LogP) is 4.41. The number of rotatable bonds is 5. The summed E-state index contributed by atoms with van der Waals surface area (Å²) in [7, 11) is 0. The van der Waals surface area contributed by atoms with Gasteiger partial charge in [0.15, 0.2) is 5.82 Å². The molecule has 1 aliphatic heterocycles. The Morgan fingerprint density at radius 1 is 1.21 bits per heavy atom. The molecular formula is C22H18ClF3N4O3. The topological polar surface area (TPSA) is 85.3 Å². The molecule has 0 radical (unpaired) electrons. The van der Waals surface area contributed by atoms with Crippen LogP contribution in [-0.2, 0) is 9.59 Å². The minimum atomic E-state index is -4.84. The summed E-state index contributed by atoms with van der Waals surface area (Å²) in [5.41, 5.74) is 1.36. The smallest absolute Gasteiger partial charge is 0.406 e. The van der Waals surface area contributed by atoms with Crippen LogP contribution in [0.1, 0.15) is 6.92 Å². The zero-order valence-electron chi connectivity index (χ0n) is 17.2. The van der Waals surface area contributed by atoms with Crippen LogP contribution in [0.25, 0.3) is 16.9 Å². The van der Waals surface area contributed by atoms with Crippen molar-refractivity contribution < 1.29 is 27.5 Å². The first kappa shape index (κ1) is 22.7. The van der Waals surface area contributed by atoms with E-state index in [4.69, 9.17) is 11.6 Å². The SMILES string of the molecule is C[C@H]1C(=O)NC[C@@H]1C(=O)Nc1cc(-c2cccc(OC(F)(F)F)c2)n(-c2ccc(Cl)cc2)n1. The lowest BCUT2D eigenvalue weighted by molar-refractivity contribution is -0.274. The Balaban J connectivity index is 1.70. The van der Waals surface area contributed by atoms with Crippen LogP contribution in [0.2, 0.25) is 5.02 Å². The molecule has 7 nitrogen and oxygen atoms in total. The predicted molar refractivity (Wildman–Crippen MR) is 115 cm³/mol. The maximum absolute atomic E-state index is 12.7. The third-order valence-corrected chi connectivity index (χ3v) is 5.50. The maximum atomic E-state index is 12.7. The van der Waals surface area contributed by atoms with E-state index in [1.54, 1.807) is 37.3 Å². The number of nitrogens with zero attached hydrogens (tertiary/aromatic N) is 2. The Kier molecular flexibility index (Phi) is 6.03. The summed E-state index contributed by atoms with van der Waals surface area (Å²) >= 11 is 5.97. The van der Waals surface area contributed by atoms with Crippen LogP contribution in [0.4, 0.5) is 19.0 Å². The van der Waals surface area contributed by atoms with Gasteiger partial charge in [0.2, 0.25) is 11.8 Å². The van der Waals surface area contributed by atoms with Crippen molar-refractivity contribution >= 4 is 29.2 Å². The molecular weight excluding hydrogens is 461 g/mol. The van der Waals surface area contributed by atoms with Crippen LogP contribution >= 0.6 is 11.6 Å². The molecule has 1 fully saturated rings. The number of benzene rings is 2. The second-order valence-corrected chi connectivity index (χ2v) is 7.94. The first-order chi connectivity index (χ1) is 15.6. The number of hydrogen-bond acceptors (Lipinski definition) is 4. The van der Waals surface area contributed by atoms with E-state index in [0.717, 1.165) is 0 Å². The van der Waals surface area contributed by atoms with Crippen molar-refractivity contribution in [2.75, 3.05) is 11.9 Å². The number of aromatic nitrogens is 2. The van der Waals surface area contributed by atoms with E-state index >= 15 is 0 Å². The molecule has 2 N–H and O–H groups in total. The van der Waals surface area contributed by atoms with Gasteiger partial charge in [0.05, 0.1) is 17.3 Å².